The number of para-hydroxylation sites is 1. The van der Waals surface area contributed by atoms with Crippen molar-refractivity contribution >= 4 is 16.9 Å². The molecule has 0 bridgehead atoms. The Hall–Kier alpha value is -2.86. The number of guanidine groups is 1. The number of aryl methyl sites for hydroxylation is 1. The lowest BCUT2D eigenvalue weighted by Crippen LogP contribution is -2.37. The Morgan fingerprint density at radius 3 is 2.82 bits per heavy atom. The number of rotatable bonds is 7. The number of nitrogens with one attached hydrogen (secondary N) is 3. The van der Waals surface area contributed by atoms with Crippen molar-refractivity contribution < 1.29 is 9.13 Å². The van der Waals surface area contributed by atoms with Gasteiger partial charge in [-0.1, -0.05) is 24.3 Å². The van der Waals surface area contributed by atoms with Gasteiger partial charge >= 0.3 is 0 Å². The van der Waals surface area contributed by atoms with Gasteiger partial charge in [-0.3, -0.25) is 4.99 Å². The first kappa shape index (κ1) is 19.9. The largest absolute Gasteiger partial charge is 0.380 e. The molecule has 6 heteroatoms. The molecule has 0 atom stereocenters. The van der Waals surface area contributed by atoms with E-state index in [2.05, 4.69) is 51.9 Å². The number of hydrogen-bond acceptors (Lipinski definition) is 2. The Balaban J connectivity index is 1.54. The van der Waals surface area contributed by atoms with E-state index in [-0.39, 0.29) is 12.4 Å². The molecule has 0 saturated carbocycles. The van der Waals surface area contributed by atoms with E-state index >= 15 is 0 Å². The van der Waals surface area contributed by atoms with Gasteiger partial charge in [-0.05, 0) is 42.2 Å². The smallest absolute Gasteiger partial charge is 0.191 e. The van der Waals surface area contributed by atoms with Crippen molar-refractivity contribution in [1.29, 1.82) is 0 Å². The third-order valence-corrected chi connectivity index (χ3v) is 4.79. The molecule has 5 nitrogen and oxygen atoms in total. The number of nitrogens with zero attached hydrogens (tertiary/aromatic N) is 1. The predicted octanol–water partition coefficient (Wildman–Crippen LogP) is 3.67. The molecule has 0 unspecified atom stereocenters. The standard InChI is InChI=1S/C22H27FN4O/c1-15-5-4-6-19-17(13-26-21(15)19)9-10-25-22(24-2)27-12-16-7-8-20(23)18(11-16)14-28-3/h4-8,11,13,26H,9-10,12,14H2,1-3H3,(H2,24,25,27). The summed E-state index contributed by atoms with van der Waals surface area (Å²) in [7, 11) is 3.30. The molecular weight excluding hydrogens is 355 g/mol. The molecule has 2 aromatic carbocycles. The van der Waals surface area contributed by atoms with Crippen LogP contribution in [0.4, 0.5) is 4.39 Å². The molecule has 0 spiro atoms. The van der Waals surface area contributed by atoms with Gasteiger partial charge in [0.25, 0.3) is 0 Å². The molecule has 0 aliphatic carbocycles. The number of methoxy groups -OCH3 is 1. The van der Waals surface area contributed by atoms with Gasteiger partial charge < -0.3 is 20.4 Å². The highest BCUT2D eigenvalue weighted by molar-refractivity contribution is 5.86. The Morgan fingerprint density at radius 1 is 1.18 bits per heavy atom. The van der Waals surface area contributed by atoms with Crippen molar-refractivity contribution in [3.05, 3.63) is 70.7 Å². The molecular formula is C22H27FN4O. The summed E-state index contributed by atoms with van der Waals surface area (Å²) in [5.41, 5.74) is 5.26. The number of hydrogen-bond donors (Lipinski definition) is 3. The topological polar surface area (TPSA) is 61.4 Å². The molecule has 0 aliphatic heterocycles. The molecule has 1 aromatic heterocycles. The van der Waals surface area contributed by atoms with Crippen molar-refractivity contribution in [2.45, 2.75) is 26.5 Å². The highest BCUT2D eigenvalue weighted by Crippen LogP contribution is 2.21. The van der Waals surface area contributed by atoms with Crippen LogP contribution in [0.2, 0.25) is 0 Å². The van der Waals surface area contributed by atoms with E-state index in [1.807, 2.05) is 6.07 Å². The fourth-order valence-corrected chi connectivity index (χ4v) is 3.30. The van der Waals surface area contributed by atoms with Crippen LogP contribution in [0.15, 0.2) is 47.6 Å². The van der Waals surface area contributed by atoms with Crippen LogP contribution in [0, 0.1) is 12.7 Å². The summed E-state index contributed by atoms with van der Waals surface area (Å²) >= 11 is 0. The van der Waals surface area contributed by atoms with Crippen molar-refractivity contribution in [3.63, 3.8) is 0 Å². The summed E-state index contributed by atoms with van der Waals surface area (Å²) in [6, 6.07) is 11.4. The maximum atomic E-state index is 13.7. The molecule has 0 amide bonds. The predicted molar refractivity (Wildman–Crippen MR) is 112 cm³/mol. The molecule has 0 saturated heterocycles. The zero-order valence-electron chi connectivity index (χ0n) is 16.6. The zero-order chi connectivity index (χ0) is 19.9. The minimum atomic E-state index is -0.248. The molecule has 1 heterocycles. The summed E-state index contributed by atoms with van der Waals surface area (Å²) in [5.74, 6) is 0.468. The van der Waals surface area contributed by atoms with Gasteiger partial charge in [-0.15, -0.1) is 0 Å². The maximum Gasteiger partial charge on any atom is 0.191 e. The lowest BCUT2D eigenvalue weighted by molar-refractivity contribution is 0.181. The molecule has 0 radical (unpaired) electrons. The first-order valence-electron chi connectivity index (χ1n) is 9.38. The first-order chi connectivity index (χ1) is 13.6. The minimum absolute atomic E-state index is 0.248. The van der Waals surface area contributed by atoms with Crippen LogP contribution in [0.5, 0.6) is 0 Å². The Morgan fingerprint density at radius 2 is 2.04 bits per heavy atom. The van der Waals surface area contributed by atoms with Crippen molar-refractivity contribution in [2.75, 3.05) is 20.7 Å². The third kappa shape index (κ3) is 4.70. The number of benzene rings is 2. The van der Waals surface area contributed by atoms with Crippen molar-refractivity contribution in [3.8, 4) is 0 Å². The fraction of sp³-hybridized carbons (Fsp3) is 0.318. The van der Waals surface area contributed by atoms with Crippen LogP contribution >= 0.6 is 0 Å². The van der Waals surface area contributed by atoms with E-state index in [1.165, 1.54) is 28.1 Å². The second-order valence-corrected chi connectivity index (χ2v) is 6.77. The zero-order valence-corrected chi connectivity index (χ0v) is 16.6. The maximum absolute atomic E-state index is 13.7. The minimum Gasteiger partial charge on any atom is -0.380 e. The van der Waals surface area contributed by atoms with E-state index < -0.39 is 0 Å². The molecule has 28 heavy (non-hydrogen) atoms. The molecule has 0 fully saturated rings. The third-order valence-electron chi connectivity index (χ3n) is 4.79. The molecule has 3 rings (SSSR count). The van der Waals surface area contributed by atoms with Crippen LogP contribution in [0.3, 0.4) is 0 Å². The van der Waals surface area contributed by atoms with Gasteiger partial charge in [0, 0.05) is 49.9 Å². The highest BCUT2D eigenvalue weighted by Gasteiger charge is 2.07. The number of aromatic amines is 1. The summed E-state index contributed by atoms with van der Waals surface area (Å²) in [6.07, 6.45) is 2.96. The average molecular weight is 382 g/mol. The number of halogens is 1. The van der Waals surface area contributed by atoms with Crippen LogP contribution in [-0.4, -0.2) is 31.6 Å². The van der Waals surface area contributed by atoms with Gasteiger partial charge in [0.1, 0.15) is 5.82 Å². The van der Waals surface area contributed by atoms with E-state index in [9.17, 15) is 4.39 Å². The molecule has 3 aromatic rings. The van der Waals surface area contributed by atoms with E-state index in [0.717, 1.165) is 18.5 Å². The lowest BCUT2D eigenvalue weighted by atomic mass is 10.1. The van der Waals surface area contributed by atoms with Crippen LogP contribution in [0.1, 0.15) is 22.3 Å². The SMILES string of the molecule is CN=C(NCCc1c[nH]c2c(C)cccc12)NCc1ccc(F)c(COC)c1. The number of fused-ring (bicyclic) bond motifs is 1. The molecule has 0 aliphatic rings. The van der Waals surface area contributed by atoms with Gasteiger partial charge in [0.15, 0.2) is 5.96 Å². The summed E-state index contributed by atoms with van der Waals surface area (Å²) in [4.78, 5) is 7.62. The average Bonchev–Trinajstić information content (AvgIpc) is 3.11. The van der Waals surface area contributed by atoms with Crippen LogP contribution in [-0.2, 0) is 24.3 Å². The van der Waals surface area contributed by atoms with E-state index in [1.54, 1.807) is 20.2 Å². The Bertz CT molecular complexity index is 964. The summed E-state index contributed by atoms with van der Waals surface area (Å²) in [6.45, 7) is 3.69. The van der Waals surface area contributed by atoms with E-state index in [4.69, 9.17) is 4.74 Å². The summed E-state index contributed by atoms with van der Waals surface area (Å²) < 4.78 is 18.8. The number of aromatic nitrogens is 1. The van der Waals surface area contributed by atoms with Crippen LogP contribution < -0.4 is 10.6 Å². The number of H-pyrrole nitrogens is 1. The highest BCUT2D eigenvalue weighted by atomic mass is 19.1. The normalized spacial score (nSPS) is 11.8. The number of ether oxygens (including phenoxy) is 1. The summed E-state index contributed by atoms with van der Waals surface area (Å²) in [5, 5.41) is 7.87. The lowest BCUT2D eigenvalue weighted by Gasteiger charge is -2.13. The van der Waals surface area contributed by atoms with Crippen molar-refractivity contribution in [2.24, 2.45) is 4.99 Å². The molecule has 3 N–H and O–H groups in total. The van der Waals surface area contributed by atoms with Crippen LogP contribution in [0.25, 0.3) is 10.9 Å². The van der Waals surface area contributed by atoms with Gasteiger partial charge in [0.05, 0.1) is 6.61 Å². The second-order valence-electron chi connectivity index (χ2n) is 6.77. The fourth-order valence-electron chi connectivity index (χ4n) is 3.30. The Kier molecular flexibility index (Phi) is 6.66. The molecule has 148 valence electrons. The Labute approximate surface area is 165 Å². The monoisotopic (exact) mass is 382 g/mol. The first-order valence-corrected chi connectivity index (χ1v) is 9.38. The number of aliphatic imine (C=N–C) groups is 1. The van der Waals surface area contributed by atoms with Crippen molar-refractivity contribution in [1.82, 2.24) is 15.6 Å². The quantitative estimate of drug-likeness (QED) is 0.432. The van der Waals surface area contributed by atoms with Gasteiger partial charge in [-0.25, -0.2) is 4.39 Å². The van der Waals surface area contributed by atoms with Gasteiger partial charge in [0.2, 0.25) is 0 Å². The van der Waals surface area contributed by atoms with E-state index in [0.29, 0.717) is 18.1 Å². The van der Waals surface area contributed by atoms with Gasteiger partial charge in [-0.2, -0.15) is 0 Å². The second kappa shape index (κ2) is 9.37.